The molecule has 164 valence electrons. The fraction of sp³-hybridized carbons (Fsp3) is 1.00. The fourth-order valence-corrected chi connectivity index (χ4v) is 3.25. The Kier molecular flexibility index (Phi) is 9.63. The number of alkyl halides is 12. The van der Waals surface area contributed by atoms with Crippen LogP contribution in [0.4, 0.5) is 48.3 Å². The summed E-state index contributed by atoms with van der Waals surface area (Å²) in [5.74, 6) is -27.3. The Labute approximate surface area is 163 Å². The SMILES string of the molecule is CCCCCCCCC(I)CC(F)(F)C(F)(F)C(F)(F)C(F)(F)C(F)(F)F. The van der Waals surface area contributed by atoms with Gasteiger partial charge in [0.1, 0.15) is 0 Å². The Balaban J connectivity index is 5.05. The maximum absolute atomic E-state index is 13.6. The van der Waals surface area contributed by atoms with Crippen LogP contribution in [0.25, 0.3) is 0 Å². The molecule has 0 aliphatic carbocycles. The molecule has 0 spiro atoms. The van der Waals surface area contributed by atoms with E-state index < -0.39 is 40.2 Å². The summed E-state index contributed by atoms with van der Waals surface area (Å²) in [6, 6.07) is 0. The maximum atomic E-state index is 13.6. The van der Waals surface area contributed by atoms with E-state index in [0.717, 1.165) is 25.7 Å². The van der Waals surface area contributed by atoms with Crippen molar-refractivity contribution in [2.24, 2.45) is 0 Å². The highest BCUT2D eigenvalue weighted by Crippen LogP contribution is 2.58. The minimum absolute atomic E-state index is 0.0837. The molecule has 0 saturated carbocycles. The summed E-state index contributed by atoms with van der Waals surface area (Å²) in [6.45, 7) is 1.96. The van der Waals surface area contributed by atoms with Gasteiger partial charge in [-0.05, 0) is 6.42 Å². The van der Waals surface area contributed by atoms with Crippen molar-refractivity contribution in [3.8, 4) is 0 Å². The quantitative estimate of drug-likeness (QED) is 0.103. The van der Waals surface area contributed by atoms with Gasteiger partial charge in [-0.2, -0.15) is 48.3 Å². The van der Waals surface area contributed by atoms with E-state index in [4.69, 9.17) is 0 Å². The summed E-state index contributed by atoms with van der Waals surface area (Å²) in [4.78, 5) is 0. The Morgan fingerprint density at radius 3 is 1.52 bits per heavy atom. The van der Waals surface area contributed by atoms with Gasteiger partial charge >= 0.3 is 29.9 Å². The second-order valence-electron chi connectivity index (χ2n) is 6.28. The highest BCUT2D eigenvalue weighted by Gasteiger charge is 2.86. The van der Waals surface area contributed by atoms with Crippen molar-refractivity contribution in [2.45, 2.75) is 92.1 Å². The van der Waals surface area contributed by atoms with E-state index >= 15 is 0 Å². The second kappa shape index (κ2) is 9.64. The van der Waals surface area contributed by atoms with Crippen molar-refractivity contribution in [3.63, 3.8) is 0 Å². The van der Waals surface area contributed by atoms with Gasteiger partial charge in [-0.1, -0.05) is 68.0 Å². The van der Waals surface area contributed by atoms with Gasteiger partial charge in [-0.25, -0.2) is 0 Å². The Hall–Kier alpha value is -0.0400. The van der Waals surface area contributed by atoms with E-state index in [2.05, 4.69) is 0 Å². The van der Waals surface area contributed by atoms with Gasteiger partial charge in [0.15, 0.2) is 0 Å². The van der Waals surface area contributed by atoms with E-state index in [-0.39, 0.29) is 6.42 Å². The molecule has 27 heavy (non-hydrogen) atoms. The lowest BCUT2D eigenvalue weighted by atomic mass is 9.94. The van der Waals surface area contributed by atoms with Gasteiger partial charge in [0.25, 0.3) is 0 Å². The van der Waals surface area contributed by atoms with Crippen LogP contribution in [0.15, 0.2) is 0 Å². The van der Waals surface area contributed by atoms with Crippen molar-refractivity contribution < 1.29 is 48.3 Å². The fourth-order valence-electron chi connectivity index (χ4n) is 2.26. The minimum Gasteiger partial charge on any atom is -0.200 e. The Bertz CT molecular complexity index is 446. The molecule has 0 saturated heterocycles. The molecule has 0 amide bonds. The summed E-state index contributed by atoms with van der Waals surface area (Å²) in [6.07, 6.45) is -4.74. The zero-order valence-corrected chi connectivity index (χ0v) is 16.4. The first-order valence-corrected chi connectivity index (χ1v) is 9.42. The molecule has 0 aromatic heterocycles. The first kappa shape index (κ1) is 27.0. The van der Waals surface area contributed by atoms with Crippen LogP contribution < -0.4 is 0 Å². The normalized spacial score (nSPS) is 15.9. The highest BCUT2D eigenvalue weighted by molar-refractivity contribution is 14.1. The van der Waals surface area contributed by atoms with Crippen molar-refractivity contribution in [1.29, 1.82) is 0 Å². The van der Waals surface area contributed by atoms with Gasteiger partial charge in [0, 0.05) is 10.3 Å². The van der Waals surface area contributed by atoms with Crippen molar-refractivity contribution in [3.05, 3.63) is 0 Å². The Morgan fingerprint density at radius 2 is 1.07 bits per heavy atom. The lowest BCUT2D eigenvalue weighted by Crippen LogP contribution is -2.66. The summed E-state index contributed by atoms with van der Waals surface area (Å²) in [5.41, 5.74) is 0. The third-order valence-corrected chi connectivity index (χ3v) is 5.02. The second-order valence-corrected chi connectivity index (χ2v) is 8.04. The average Bonchev–Trinajstić information content (AvgIpc) is 2.48. The van der Waals surface area contributed by atoms with E-state index in [9.17, 15) is 48.3 Å². The molecule has 0 heterocycles. The standard InChI is InChI=1S/C15H20F11I/c1-2-3-4-5-6-7-8-10(27)9-11(16,17)12(18,19)13(20,21)14(22,23)15(24,25)26/h10H,2-9H2,1H3. The van der Waals surface area contributed by atoms with Crippen LogP contribution in [-0.2, 0) is 0 Å². The molecule has 1 atom stereocenters. The minimum atomic E-state index is -7.31. The summed E-state index contributed by atoms with van der Waals surface area (Å²) in [5, 5.41) is 0. The number of halogens is 12. The molecule has 0 radical (unpaired) electrons. The van der Waals surface area contributed by atoms with Crippen LogP contribution in [0.3, 0.4) is 0 Å². The van der Waals surface area contributed by atoms with Crippen LogP contribution >= 0.6 is 22.6 Å². The van der Waals surface area contributed by atoms with Crippen LogP contribution in [0.5, 0.6) is 0 Å². The van der Waals surface area contributed by atoms with Gasteiger partial charge < -0.3 is 0 Å². The highest BCUT2D eigenvalue weighted by atomic mass is 127. The van der Waals surface area contributed by atoms with Crippen LogP contribution in [0.1, 0.15) is 58.3 Å². The third kappa shape index (κ3) is 6.22. The van der Waals surface area contributed by atoms with Crippen molar-refractivity contribution >= 4 is 22.6 Å². The molecule has 12 heteroatoms. The van der Waals surface area contributed by atoms with E-state index in [1.165, 1.54) is 22.6 Å². The molecule has 0 aromatic rings. The predicted molar refractivity (Wildman–Crippen MR) is 86.3 cm³/mol. The monoisotopic (exact) mass is 536 g/mol. The molecule has 0 N–H and O–H groups in total. The molecule has 1 unspecified atom stereocenters. The van der Waals surface area contributed by atoms with E-state index in [1.807, 2.05) is 6.92 Å². The van der Waals surface area contributed by atoms with Crippen LogP contribution in [0.2, 0.25) is 0 Å². The molecule has 0 bridgehead atoms. The van der Waals surface area contributed by atoms with Gasteiger partial charge in [0.2, 0.25) is 0 Å². The van der Waals surface area contributed by atoms with Crippen molar-refractivity contribution in [2.75, 3.05) is 0 Å². The maximum Gasteiger partial charge on any atom is 0.460 e. The first-order valence-electron chi connectivity index (χ1n) is 8.17. The van der Waals surface area contributed by atoms with Crippen LogP contribution in [0, 0.1) is 0 Å². The summed E-state index contributed by atoms with van der Waals surface area (Å²) < 4.78 is 140. The van der Waals surface area contributed by atoms with Gasteiger partial charge in [-0.15, -0.1) is 0 Å². The van der Waals surface area contributed by atoms with Crippen LogP contribution in [-0.4, -0.2) is 33.8 Å². The van der Waals surface area contributed by atoms with Gasteiger partial charge in [0.05, 0.1) is 0 Å². The van der Waals surface area contributed by atoms with E-state index in [1.54, 1.807) is 0 Å². The lowest BCUT2D eigenvalue weighted by molar-refractivity contribution is -0.422. The molecule has 0 aliphatic heterocycles. The zero-order chi connectivity index (χ0) is 21.7. The van der Waals surface area contributed by atoms with Gasteiger partial charge in [-0.3, -0.25) is 0 Å². The number of hydrogen-bond acceptors (Lipinski definition) is 0. The smallest absolute Gasteiger partial charge is 0.200 e. The predicted octanol–water partition coefficient (Wildman–Crippen LogP) is 8.03. The zero-order valence-electron chi connectivity index (χ0n) is 14.3. The van der Waals surface area contributed by atoms with E-state index in [0.29, 0.717) is 12.8 Å². The Morgan fingerprint density at radius 1 is 0.630 bits per heavy atom. The number of rotatable bonds is 12. The topological polar surface area (TPSA) is 0 Å². The first-order chi connectivity index (χ1) is 12.0. The molecule has 0 fully saturated rings. The molecule has 0 aromatic carbocycles. The number of unbranched alkanes of at least 4 members (excludes halogenated alkanes) is 5. The third-order valence-electron chi connectivity index (χ3n) is 3.95. The molecular formula is C15H20F11I. The molecule has 0 nitrogen and oxygen atoms in total. The molecule has 0 rings (SSSR count). The number of hydrogen-bond donors (Lipinski definition) is 0. The largest absolute Gasteiger partial charge is 0.460 e. The summed E-state index contributed by atoms with van der Waals surface area (Å²) in [7, 11) is 0. The van der Waals surface area contributed by atoms with Crippen molar-refractivity contribution in [1.82, 2.24) is 0 Å². The average molecular weight is 536 g/mol. The lowest BCUT2D eigenvalue weighted by Gasteiger charge is -2.37. The molecule has 0 aliphatic rings. The summed E-state index contributed by atoms with van der Waals surface area (Å²) >= 11 is 1.27. The molecular weight excluding hydrogens is 516 g/mol.